The molecule has 0 radical (unpaired) electrons. The van der Waals surface area contributed by atoms with Crippen LogP contribution < -0.4 is 0 Å². The Bertz CT molecular complexity index is 556. The fourth-order valence-corrected chi connectivity index (χ4v) is 3.10. The Morgan fingerprint density at radius 2 is 1.64 bits per heavy atom. The van der Waals surface area contributed by atoms with Crippen molar-refractivity contribution in [1.82, 2.24) is 4.90 Å². The standard InChI is InChI=1S/C19H29N3/c1-13(2)15-9-7-10-16(14(3)4)18(15)21-17-11-8-12-22(6)19(17)20-5/h7,9-10,13-14H,8,11-12H2,1-6H3. The summed E-state index contributed by atoms with van der Waals surface area (Å²) in [5.41, 5.74) is 4.97. The Kier molecular flexibility index (Phi) is 5.38. The van der Waals surface area contributed by atoms with Gasteiger partial charge in [0, 0.05) is 20.6 Å². The number of rotatable bonds is 3. The van der Waals surface area contributed by atoms with Crippen LogP contribution in [0, 0.1) is 0 Å². The van der Waals surface area contributed by atoms with Gasteiger partial charge in [0.25, 0.3) is 0 Å². The maximum absolute atomic E-state index is 5.11. The summed E-state index contributed by atoms with van der Waals surface area (Å²) in [4.78, 5) is 11.8. The highest BCUT2D eigenvalue weighted by Gasteiger charge is 2.21. The molecule has 3 heteroatoms. The molecule has 2 rings (SSSR count). The Morgan fingerprint density at radius 1 is 1.05 bits per heavy atom. The van der Waals surface area contributed by atoms with Crippen molar-refractivity contribution in [3.8, 4) is 0 Å². The first kappa shape index (κ1) is 16.7. The minimum Gasteiger partial charge on any atom is -0.358 e. The van der Waals surface area contributed by atoms with Crippen molar-refractivity contribution >= 4 is 17.2 Å². The molecule has 0 spiro atoms. The summed E-state index contributed by atoms with van der Waals surface area (Å²) in [5, 5.41) is 0. The highest BCUT2D eigenvalue weighted by atomic mass is 15.2. The molecule has 1 heterocycles. The third-order valence-electron chi connectivity index (χ3n) is 4.33. The highest BCUT2D eigenvalue weighted by Crippen LogP contribution is 2.35. The van der Waals surface area contributed by atoms with E-state index >= 15 is 0 Å². The third kappa shape index (κ3) is 3.40. The average Bonchev–Trinajstić information content (AvgIpc) is 2.47. The molecule has 0 atom stereocenters. The molecule has 1 saturated heterocycles. The molecule has 0 unspecified atom stereocenters. The van der Waals surface area contributed by atoms with Crippen LogP contribution >= 0.6 is 0 Å². The molecule has 0 amide bonds. The summed E-state index contributed by atoms with van der Waals surface area (Å²) >= 11 is 0. The molecule has 0 N–H and O–H groups in total. The summed E-state index contributed by atoms with van der Waals surface area (Å²) < 4.78 is 0. The van der Waals surface area contributed by atoms with E-state index < -0.39 is 0 Å². The number of likely N-dealkylation sites (tertiary alicyclic amines) is 1. The van der Waals surface area contributed by atoms with Crippen LogP contribution in [0.25, 0.3) is 0 Å². The number of hydrogen-bond acceptors (Lipinski definition) is 2. The number of piperidine rings is 1. The molecule has 1 aliphatic rings. The van der Waals surface area contributed by atoms with Gasteiger partial charge in [-0.25, -0.2) is 4.99 Å². The minimum absolute atomic E-state index is 0.474. The van der Waals surface area contributed by atoms with Crippen LogP contribution in [0.2, 0.25) is 0 Å². The summed E-state index contributed by atoms with van der Waals surface area (Å²) in [7, 11) is 3.97. The molecule has 1 fully saturated rings. The Balaban J connectivity index is 2.57. The molecule has 3 nitrogen and oxygen atoms in total. The van der Waals surface area contributed by atoms with Gasteiger partial charge in [0.05, 0.1) is 11.4 Å². The second-order valence-electron chi connectivity index (χ2n) is 6.73. The van der Waals surface area contributed by atoms with E-state index in [0.717, 1.165) is 30.9 Å². The van der Waals surface area contributed by atoms with E-state index in [9.17, 15) is 0 Å². The fourth-order valence-electron chi connectivity index (χ4n) is 3.10. The van der Waals surface area contributed by atoms with E-state index in [1.165, 1.54) is 16.8 Å². The molecule has 22 heavy (non-hydrogen) atoms. The molecule has 0 aromatic heterocycles. The van der Waals surface area contributed by atoms with Crippen LogP contribution in [0.1, 0.15) is 63.5 Å². The Morgan fingerprint density at radius 3 is 2.14 bits per heavy atom. The van der Waals surface area contributed by atoms with Crippen molar-refractivity contribution in [1.29, 1.82) is 0 Å². The predicted octanol–water partition coefficient (Wildman–Crippen LogP) is 4.76. The fraction of sp³-hybridized carbons (Fsp3) is 0.579. The largest absolute Gasteiger partial charge is 0.358 e. The van der Waals surface area contributed by atoms with Crippen molar-refractivity contribution in [2.45, 2.75) is 52.4 Å². The van der Waals surface area contributed by atoms with Crippen LogP contribution in [-0.2, 0) is 0 Å². The number of hydrogen-bond donors (Lipinski definition) is 0. The number of benzene rings is 1. The quantitative estimate of drug-likeness (QED) is 0.791. The molecule has 0 bridgehead atoms. The van der Waals surface area contributed by atoms with E-state index in [1.54, 1.807) is 0 Å². The van der Waals surface area contributed by atoms with Crippen molar-refractivity contribution in [2.24, 2.45) is 9.98 Å². The average molecular weight is 299 g/mol. The molecular formula is C19H29N3. The van der Waals surface area contributed by atoms with Gasteiger partial charge in [0.2, 0.25) is 0 Å². The lowest BCUT2D eigenvalue weighted by molar-refractivity contribution is 0.483. The minimum atomic E-state index is 0.474. The lowest BCUT2D eigenvalue weighted by atomic mass is 9.92. The topological polar surface area (TPSA) is 28.0 Å². The zero-order valence-electron chi connectivity index (χ0n) is 14.8. The Labute approximate surface area is 135 Å². The smallest absolute Gasteiger partial charge is 0.145 e. The van der Waals surface area contributed by atoms with Gasteiger partial charge in [0.15, 0.2) is 0 Å². The van der Waals surface area contributed by atoms with Gasteiger partial charge in [-0.15, -0.1) is 0 Å². The van der Waals surface area contributed by atoms with Gasteiger partial charge in [-0.2, -0.15) is 0 Å². The summed E-state index contributed by atoms with van der Waals surface area (Å²) in [6.07, 6.45) is 2.16. The normalized spacial score (nSPS) is 19.7. The number of para-hydroxylation sites is 1. The SMILES string of the molecule is CN=C1C(=Nc2c(C(C)C)cccc2C(C)C)CCCN1C. The zero-order valence-corrected chi connectivity index (χ0v) is 14.8. The molecule has 1 aliphatic heterocycles. The second kappa shape index (κ2) is 7.08. The van der Waals surface area contributed by atoms with E-state index in [2.05, 4.69) is 62.8 Å². The van der Waals surface area contributed by atoms with Gasteiger partial charge >= 0.3 is 0 Å². The Hall–Kier alpha value is -1.64. The van der Waals surface area contributed by atoms with E-state index in [4.69, 9.17) is 4.99 Å². The van der Waals surface area contributed by atoms with Gasteiger partial charge in [0.1, 0.15) is 5.84 Å². The highest BCUT2D eigenvalue weighted by molar-refractivity contribution is 6.42. The molecule has 1 aromatic rings. The summed E-state index contributed by atoms with van der Waals surface area (Å²) in [6, 6.07) is 6.59. The van der Waals surface area contributed by atoms with E-state index in [0.29, 0.717) is 11.8 Å². The summed E-state index contributed by atoms with van der Waals surface area (Å²) in [6.45, 7) is 10.0. The van der Waals surface area contributed by atoms with Crippen LogP contribution in [0.4, 0.5) is 5.69 Å². The first-order chi connectivity index (χ1) is 10.5. The van der Waals surface area contributed by atoms with E-state index in [1.807, 2.05) is 7.05 Å². The molecule has 120 valence electrons. The van der Waals surface area contributed by atoms with Gasteiger partial charge in [-0.05, 0) is 35.8 Å². The maximum atomic E-state index is 5.11. The maximum Gasteiger partial charge on any atom is 0.145 e. The predicted molar refractivity (Wildman–Crippen MR) is 96.9 cm³/mol. The number of nitrogens with zero attached hydrogens (tertiary/aromatic N) is 3. The molecule has 1 aromatic carbocycles. The van der Waals surface area contributed by atoms with Crippen molar-refractivity contribution in [3.05, 3.63) is 29.3 Å². The van der Waals surface area contributed by atoms with Gasteiger partial charge in [-0.1, -0.05) is 45.9 Å². The van der Waals surface area contributed by atoms with E-state index in [-0.39, 0.29) is 0 Å². The molecular weight excluding hydrogens is 270 g/mol. The molecule has 0 saturated carbocycles. The van der Waals surface area contributed by atoms with Crippen LogP contribution in [-0.4, -0.2) is 37.1 Å². The number of amidine groups is 1. The first-order valence-corrected chi connectivity index (χ1v) is 8.34. The van der Waals surface area contributed by atoms with Gasteiger partial charge < -0.3 is 4.90 Å². The monoisotopic (exact) mass is 299 g/mol. The molecule has 0 aliphatic carbocycles. The van der Waals surface area contributed by atoms with Gasteiger partial charge in [-0.3, -0.25) is 4.99 Å². The third-order valence-corrected chi connectivity index (χ3v) is 4.33. The van der Waals surface area contributed by atoms with Crippen molar-refractivity contribution in [3.63, 3.8) is 0 Å². The van der Waals surface area contributed by atoms with Crippen LogP contribution in [0.15, 0.2) is 28.2 Å². The lowest BCUT2D eigenvalue weighted by Crippen LogP contribution is -2.38. The van der Waals surface area contributed by atoms with Crippen LogP contribution in [0.5, 0.6) is 0 Å². The van der Waals surface area contributed by atoms with Crippen molar-refractivity contribution < 1.29 is 0 Å². The first-order valence-electron chi connectivity index (χ1n) is 8.34. The summed E-state index contributed by atoms with van der Waals surface area (Å²) in [5.74, 6) is 1.99. The zero-order chi connectivity index (χ0) is 16.3. The van der Waals surface area contributed by atoms with Crippen LogP contribution in [0.3, 0.4) is 0 Å². The second-order valence-corrected chi connectivity index (χ2v) is 6.73. The lowest BCUT2D eigenvalue weighted by Gasteiger charge is -2.28. The number of aliphatic imine (C=N–C) groups is 2. The van der Waals surface area contributed by atoms with Crippen molar-refractivity contribution in [2.75, 3.05) is 20.6 Å².